The Labute approximate surface area is 204 Å². The molecule has 0 atom stereocenters. The van der Waals surface area contributed by atoms with E-state index in [2.05, 4.69) is 26.0 Å². The van der Waals surface area contributed by atoms with Gasteiger partial charge in [0.05, 0.1) is 0 Å². The molecule has 188 valence electrons. The number of ether oxygens (including phenoxy) is 1. The Morgan fingerprint density at radius 3 is 1.94 bits per heavy atom. The van der Waals surface area contributed by atoms with E-state index in [-0.39, 0.29) is 11.7 Å². The lowest BCUT2D eigenvalue weighted by Crippen LogP contribution is -2.09. The maximum Gasteiger partial charge on any atom is 0.311 e. The molecule has 0 bridgehead atoms. The van der Waals surface area contributed by atoms with Gasteiger partial charge in [0.25, 0.3) is 0 Å². The molecular formula is C30H50O3. The van der Waals surface area contributed by atoms with Crippen LogP contribution in [0.2, 0.25) is 0 Å². The Bertz CT molecular complexity index is 635. The van der Waals surface area contributed by atoms with Gasteiger partial charge in [0.1, 0.15) is 11.5 Å². The van der Waals surface area contributed by atoms with Gasteiger partial charge in [-0.3, -0.25) is 4.79 Å². The van der Waals surface area contributed by atoms with Gasteiger partial charge in [-0.2, -0.15) is 0 Å². The van der Waals surface area contributed by atoms with E-state index in [9.17, 15) is 9.90 Å². The zero-order valence-electron chi connectivity index (χ0n) is 21.6. The highest BCUT2D eigenvalue weighted by Crippen LogP contribution is 2.26. The summed E-state index contributed by atoms with van der Waals surface area (Å²) in [5.41, 5.74) is 1.02. The lowest BCUT2D eigenvalue weighted by atomic mass is 10.0. The van der Waals surface area contributed by atoms with Crippen LogP contribution in [0.5, 0.6) is 11.5 Å². The zero-order valence-corrected chi connectivity index (χ0v) is 21.6. The topological polar surface area (TPSA) is 46.5 Å². The number of unbranched alkanes of at least 4 members (excludes halogenated alkanes) is 14. The van der Waals surface area contributed by atoms with Crippen LogP contribution in [0.15, 0.2) is 30.4 Å². The number of allylic oxidation sites excluding steroid dienone is 2. The molecule has 0 spiro atoms. The van der Waals surface area contributed by atoms with Crippen molar-refractivity contribution in [3.63, 3.8) is 0 Å². The molecule has 1 aromatic carbocycles. The zero-order chi connectivity index (χ0) is 24.0. The Morgan fingerprint density at radius 2 is 1.30 bits per heavy atom. The van der Waals surface area contributed by atoms with Crippen molar-refractivity contribution in [1.82, 2.24) is 0 Å². The van der Waals surface area contributed by atoms with Crippen LogP contribution < -0.4 is 4.74 Å². The molecule has 0 aliphatic rings. The number of aromatic hydroxyl groups is 1. The third-order valence-electron chi connectivity index (χ3n) is 6.22. The molecule has 0 amide bonds. The van der Waals surface area contributed by atoms with Crippen molar-refractivity contribution in [2.75, 3.05) is 0 Å². The third kappa shape index (κ3) is 16.5. The summed E-state index contributed by atoms with van der Waals surface area (Å²) in [7, 11) is 0. The summed E-state index contributed by atoms with van der Waals surface area (Å²) in [5.74, 6) is 0.494. The van der Waals surface area contributed by atoms with Crippen LogP contribution >= 0.6 is 0 Å². The number of hydrogen-bond acceptors (Lipinski definition) is 3. The maximum atomic E-state index is 12.3. The molecule has 1 aromatic rings. The molecule has 0 aromatic heterocycles. The highest BCUT2D eigenvalue weighted by molar-refractivity contribution is 5.73. The van der Waals surface area contributed by atoms with Crippen molar-refractivity contribution < 1.29 is 14.6 Å². The van der Waals surface area contributed by atoms with Crippen LogP contribution in [0.25, 0.3) is 0 Å². The Hall–Kier alpha value is -1.77. The average molecular weight is 459 g/mol. The maximum absolute atomic E-state index is 12.3. The highest BCUT2D eigenvalue weighted by atomic mass is 16.5. The largest absolute Gasteiger partial charge is 0.508 e. The van der Waals surface area contributed by atoms with Crippen LogP contribution in [-0.4, -0.2) is 11.1 Å². The number of carbonyl (C=O) groups is 1. The van der Waals surface area contributed by atoms with Gasteiger partial charge in [0.15, 0.2) is 0 Å². The summed E-state index contributed by atoms with van der Waals surface area (Å²) in [4.78, 5) is 12.3. The molecule has 0 aliphatic carbocycles. The first-order valence-electron chi connectivity index (χ1n) is 13.8. The number of carbonyl (C=O) groups excluding carboxylic acids is 1. The van der Waals surface area contributed by atoms with Crippen molar-refractivity contribution in [3.05, 3.63) is 35.9 Å². The number of rotatable bonds is 21. The summed E-state index contributed by atoms with van der Waals surface area (Å²) in [6.07, 6.45) is 26.9. The molecule has 1 N–H and O–H groups in total. The predicted molar refractivity (Wildman–Crippen MR) is 141 cm³/mol. The number of benzene rings is 1. The van der Waals surface area contributed by atoms with Crippen LogP contribution in [0, 0.1) is 0 Å². The fourth-order valence-electron chi connectivity index (χ4n) is 4.10. The molecule has 0 heterocycles. The fourth-order valence-corrected chi connectivity index (χ4v) is 4.10. The van der Waals surface area contributed by atoms with Crippen LogP contribution in [-0.2, 0) is 11.2 Å². The number of esters is 1. The first-order chi connectivity index (χ1) is 16.2. The standard InChI is InChI=1S/C30H50O3/c1-3-5-7-9-10-11-12-13-14-15-16-17-18-19-21-23-30(32)33-29-26-28(31)25-24-27(29)22-20-8-6-4-2/h13-14,24-26,31H,3-12,15-23H2,1-2H3/b14-13-. The molecule has 33 heavy (non-hydrogen) atoms. The van der Waals surface area contributed by atoms with Gasteiger partial charge in [-0.15, -0.1) is 0 Å². The molecule has 0 aliphatic heterocycles. The van der Waals surface area contributed by atoms with E-state index >= 15 is 0 Å². The minimum atomic E-state index is -0.187. The van der Waals surface area contributed by atoms with Gasteiger partial charge < -0.3 is 9.84 Å². The second-order valence-corrected chi connectivity index (χ2v) is 9.41. The molecule has 1 rings (SSSR count). The Morgan fingerprint density at radius 1 is 0.758 bits per heavy atom. The van der Waals surface area contributed by atoms with Crippen LogP contribution in [0.4, 0.5) is 0 Å². The van der Waals surface area contributed by atoms with Crippen molar-refractivity contribution in [3.8, 4) is 11.5 Å². The predicted octanol–water partition coefficient (Wildman–Crippen LogP) is 9.46. The van der Waals surface area contributed by atoms with E-state index in [0.717, 1.165) is 31.2 Å². The summed E-state index contributed by atoms with van der Waals surface area (Å²) in [5, 5.41) is 9.78. The van der Waals surface area contributed by atoms with Gasteiger partial charge in [-0.25, -0.2) is 0 Å². The first kappa shape index (κ1) is 29.3. The Kier molecular flexibility index (Phi) is 18.5. The van der Waals surface area contributed by atoms with Gasteiger partial charge in [-0.1, -0.05) is 103 Å². The third-order valence-corrected chi connectivity index (χ3v) is 6.22. The lowest BCUT2D eigenvalue weighted by Gasteiger charge is -2.11. The van der Waals surface area contributed by atoms with Crippen molar-refractivity contribution in [2.45, 2.75) is 136 Å². The molecule has 0 saturated carbocycles. The van der Waals surface area contributed by atoms with E-state index in [0.29, 0.717) is 12.2 Å². The van der Waals surface area contributed by atoms with Crippen LogP contribution in [0.1, 0.15) is 135 Å². The van der Waals surface area contributed by atoms with E-state index in [1.165, 1.54) is 89.9 Å². The van der Waals surface area contributed by atoms with Crippen molar-refractivity contribution in [1.29, 1.82) is 0 Å². The molecule has 0 radical (unpaired) electrons. The first-order valence-corrected chi connectivity index (χ1v) is 13.8. The number of aryl methyl sites for hydroxylation is 1. The number of phenols is 1. The Balaban J connectivity index is 2.08. The van der Waals surface area contributed by atoms with Gasteiger partial charge in [0.2, 0.25) is 0 Å². The van der Waals surface area contributed by atoms with Crippen LogP contribution in [0.3, 0.4) is 0 Å². The van der Waals surface area contributed by atoms with Gasteiger partial charge in [0, 0.05) is 12.5 Å². The van der Waals surface area contributed by atoms with Gasteiger partial charge >= 0.3 is 5.97 Å². The fraction of sp³-hybridized carbons (Fsp3) is 0.700. The average Bonchev–Trinajstić information content (AvgIpc) is 2.80. The minimum Gasteiger partial charge on any atom is -0.508 e. The monoisotopic (exact) mass is 458 g/mol. The molecule has 3 nitrogen and oxygen atoms in total. The SMILES string of the molecule is CCCCCCCC/C=C\CCCCCCCC(=O)Oc1cc(O)ccc1CCCCCC. The van der Waals surface area contributed by atoms with E-state index in [4.69, 9.17) is 4.74 Å². The highest BCUT2D eigenvalue weighted by Gasteiger charge is 2.10. The van der Waals surface area contributed by atoms with E-state index in [1.54, 1.807) is 12.1 Å². The molecule has 0 saturated heterocycles. The molecular weight excluding hydrogens is 408 g/mol. The second kappa shape index (κ2) is 20.8. The summed E-state index contributed by atoms with van der Waals surface area (Å²) < 4.78 is 5.59. The smallest absolute Gasteiger partial charge is 0.311 e. The van der Waals surface area contributed by atoms with Crippen molar-refractivity contribution in [2.24, 2.45) is 0 Å². The molecule has 0 fully saturated rings. The molecule has 0 unspecified atom stereocenters. The number of hydrogen-bond donors (Lipinski definition) is 1. The summed E-state index contributed by atoms with van der Waals surface area (Å²) >= 11 is 0. The second-order valence-electron chi connectivity index (χ2n) is 9.41. The number of phenolic OH excluding ortho intramolecular Hbond substituents is 1. The summed E-state index contributed by atoms with van der Waals surface area (Å²) in [6.45, 7) is 4.46. The van der Waals surface area contributed by atoms with Crippen molar-refractivity contribution >= 4 is 5.97 Å². The lowest BCUT2D eigenvalue weighted by molar-refractivity contribution is -0.134. The quantitative estimate of drug-likeness (QED) is 0.0863. The minimum absolute atomic E-state index is 0.149. The van der Waals surface area contributed by atoms with E-state index < -0.39 is 0 Å². The summed E-state index contributed by atoms with van der Waals surface area (Å²) in [6, 6.07) is 5.13. The van der Waals surface area contributed by atoms with Gasteiger partial charge in [-0.05, 0) is 56.6 Å². The molecule has 3 heteroatoms. The van der Waals surface area contributed by atoms with E-state index in [1.807, 2.05) is 6.07 Å². The normalized spacial score (nSPS) is 11.3.